The largest absolute Gasteiger partial charge is 0.352 e. The Labute approximate surface area is 127 Å². The van der Waals surface area contributed by atoms with Crippen LogP contribution in [-0.4, -0.2) is 12.5 Å². The summed E-state index contributed by atoms with van der Waals surface area (Å²) < 4.78 is 13.5. The van der Waals surface area contributed by atoms with Crippen molar-refractivity contribution in [3.05, 3.63) is 34.6 Å². The van der Waals surface area contributed by atoms with Crippen LogP contribution in [0.2, 0.25) is 0 Å². The van der Waals surface area contributed by atoms with Gasteiger partial charge in [-0.15, -0.1) is 0 Å². The first kappa shape index (κ1) is 17.6. The third-order valence-corrected chi connectivity index (χ3v) is 3.60. The van der Waals surface area contributed by atoms with Crippen molar-refractivity contribution in [2.75, 3.05) is 6.54 Å². The van der Waals surface area contributed by atoms with Crippen LogP contribution < -0.4 is 11.1 Å². The van der Waals surface area contributed by atoms with Crippen molar-refractivity contribution in [1.29, 1.82) is 0 Å². The molecule has 1 amide bonds. The first-order valence-corrected chi connectivity index (χ1v) is 7.55. The molecule has 1 atom stereocenters. The van der Waals surface area contributed by atoms with Crippen LogP contribution in [0.5, 0.6) is 0 Å². The summed E-state index contributed by atoms with van der Waals surface area (Å²) in [5.41, 5.74) is 7.86. The van der Waals surface area contributed by atoms with Crippen LogP contribution in [-0.2, 0) is 11.3 Å². The maximum Gasteiger partial charge on any atom is 0.220 e. The highest BCUT2D eigenvalue weighted by molar-refractivity contribution is 5.76. The number of nitrogens with two attached hydrogens (primary N) is 1. The SMILES string of the molecule is Cc1cc(CNC(=O)C[C@@H](CN)CC(C)C)cc(C)c1F. The van der Waals surface area contributed by atoms with Crippen LogP contribution in [0.3, 0.4) is 0 Å². The lowest BCUT2D eigenvalue weighted by molar-refractivity contribution is -0.122. The minimum Gasteiger partial charge on any atom is -0.352 e. The van der Waals surface area contributed by atoms with E-state index in [9.17, 15) is 9.18 Å². The molecule has 0 heterocycles. The molecule has 118 valence electrons. The molecule has 0 aliphatic rings. The molecule has 1 aromatic rings. The number of nitrogens with one attached hydrogen (secondary N) is 1. The molecule has 0 unspecified atom stereocenters. The van der Waals surface area contributed by atoms with Crippen molar-refractivity contribution in [3.63, 3.8) is 0 Å². The minimum absolute atomic E-state index is 0.00531. The van der Waals surface area contributed by atoms with Gasteiger partial charge in [0.15, 0.2) is 0 Å². The van der Waals surface area contributed by atoms with Crippen LogP contribution in [0, 0.1) is 31.5 Å². The second kappa shape index (κ2) is 8.13. The molecule has 4 heteroatoms. The van der Waals surface area contributed by atoms with Crippen LogP contribution in [0.4, 0.5) is 4.39 Å². The van der Waals surface area contributed by atoms with Crippen molar-refractivity contribution in [2.45, 2.75) is 47.1 Å². The van der Waals surface area contributed by atoms with Gasteiger partial charge in [-0.05, 0) is 55.3 Å². The predicted molar refractivity (Wildman–Crippen MR) is 84.3 cm³/mol. The number of benzene rings is 1. The summed E-state index contributed by atoms with van der Waals surface area (Å²) in [5, 5.41) is 2.89. The Balaban J connectivity index is 2.53. The number of hydrogen-bond donors (Lipinski definition) is 2. The van der Waals surface area contributed by atoms with E-state index >= 15 is 0 Å². The fourth-order valence-electron chi connectivity index (χ4n) is 2.60. The first-order valence-electron chi connectivity index (χ1n) is 7.55. The van der Waals surface area contributed by atoms with Gasteiger partial charge in [-0.3, -0.25) is 4.79 Å². The zero-order chi connectivity index (χ0) is 16.0. The Bertz CT molecular complexity index is 463. The van der Waals surface area contributed by atoms with E-state index in [0.29, 0.717) is 36.6 Å². The fraction of sp³-hybridized carbons (Fsp3) is 0.588. The lowest BCUT2D eigenvalue weighted by Gasteiger charge is -2.16. The average Bonchev–Trinajstić information content (AvgIpc) is 2.41. The summed E-state index contributed by atoms with van der Waals surface area (Å²) in [5.74, 6) is 0.589. The van der Waals surface area contributed by atoms with Gasteiger partial charge in [-0.25, -0.2) is 4.39 Å². The smallest absolute Gasteiger partial charge is 0.220 e. The van der Waals surface area contributed by atoms with Gasteiger partial charge < -0.3 is 11.1 Å². The van der Waals surface area contributed by atoms with E-state index in [0.717, 1.165) is 12.0 Å². The molecule has 1 rings (SSSR count). The Morgan fingerprint density at radius 2 is 1.86 bits per heavy atom. The average molecular weight is 294 g/mol. The molecule has 21 heavy (non-hydrogen) atoms. The van der Waals surface area contributed by atoms with Crippen LogP contribution in [0.15, 0.2) is 12.1 Å². The summed E-state index contributed by atoms with van der Waals surface area (Å²) in [6.07, 6.45) is 1.41. The molecule has 0 bridgehead atoms. The van der Waals surface area contributed by atoms with Crippen molar-refractivity contribution >= 4 is 5.91 Å². The standard InChI is InChI=1S/C17H27FN2O/c1-11(2)5-14(9-19)8-16(21)20-10-15-6-12(3)17(18)13(4)7-15/h6-7,11,14H,5,8-10,19H2,1-4H3,(H,20,21)/t14-/m0/s1. The third-order valence-electron chi connectivity index (χ3n) is 3.60. The number of amides is 1. The Morgan fingerprint density at radius 1 is 1.29 bits per heavy atom. The molecule has 0 aliphatic heterocycles. The number of hydrogen-bond acceptors (Lipinski definition) is 2. The molecule has 0 radical (unpaired) electrons. The minimum atomic E-state index is -0.176. The number of aryl methyl sites for hydroxylation is 2. The summed E-state index contributed by atoms with van der Waals surface area (Å²) >= 11 is 0. The van der Waals surface area contributed by atoms with Gasteiger partial charge in [0, 0.05) is 13.0 Å². The van der Waals surface area contributed by atoms with E-state index < -0.39 is 0 Å². The summed E-state index contributed by atoms with van der Waals surface area (Å²) in [4.78, 5) is 12.0. The Morgan fingerprint density at radius 3 is 2.33 bits per heavy atom. The molecule has 0 fully saturated rings. The van der Waals surface area contributed by atoms with E-state index in [2.05, 4.69) is 19.2 Å². The van der Waals surface area contributed by atoms with Crippen LogP contribution in [0.1, 0.15) is 43.4 Å². The highest BCUT2D eigenvalue weighted by Crippen LogP contribution is 2.16. The monoisotopic (exact) mass is 294 g/mol. The Kier molecular flexibility index (Phi) is 6.82. The number of carbonyl (C=O) groups excluding carboxylic acids is 1. The van der Waals surface area contributed by atoms with Crippen molar-refractivity contribution < 1.29 is 9.18 Å². The maximum absolute atomic E-state index is 13.5. The van der Waals surface area contributed by atoms with Gasteiger partial charge in [0.1, 0.15) is 5.82 Å². The zero-order valence-corrected chi connectivity index (χ0v) is 13.5. The number of carbonyl (C=O) groups is 1. The molecule has 1 aromatic carbocycles. The van der Waals surface area contributed by atoms with Crippen LogP contribution >= 0.6 is 0 Å². The van der Waals surface area contributed by atoms with Crippen molar-refractivity contribution in [2.24, 2.45) is 17.6 Å². The van der Waals surface area contributed by atoms with Gasteiger partial charge in [-0.1, -0.05) is 26.0 Å². The van der Waals surface area contributed by atoms with E-state index in [1.54, 1.807) is 26.0 Å². The summed E-state index contributed by atoms with van der Waals surface area (Å²) in [7, 11) is 0. The van der Waals surface area contributed by atoms with Crippen molar-refractivity contribution in [3.8, 4) is 0 Å². The van der Waals surface area contributed by atoms with E-state index in [1.807, 2.05) is 0 Å². The zero-order valence-electron chi connectivity index (χ0n) is 13.5. The predicted octanol–water partition coefficient (Wildman–Crippen LogP) is 3.07. The van der Waals surface area contributed by atoms with E-state index in [1.165, 1.54) is 0 Å². The molecule has 3 N–H and O–H groups in total. The first-order chi connectivity index (χ1) is 9.83. The summed E-state index contributed by atoms with van der Waals surface area (Å²) in [6.45, 7) is 8.69. The Hall–Kier alpha value is -1.42. The highest BCUT2D eigenvalue weighted by Gasteiger charge is 2.14. The molecule has 3 nitrogen and oxygen atoms in total. The highest BCUT2D eigenvalue weighted by atomic mass is 19.1. The normalized spacial score (nSPS) is 12.5. The number of halogens is 1. The van der Waals surface area contributed by atoms with Gasteiger partial charge in [0.05, 0.1) is 0 Å². The topological polar surface area (TPSA) is 55.1 Å². The molecule has 0 aliphatic carbocycles. The number of rotatable bonds is 7. The molecule has 0 spiro atoms. The van der Waals surface area contributed by atoms with Gasteiger partial charge >= 0.3 is 0 Å². The molecular weight excluding hydrogens is 267 g/mol. The van der Waals surface area contributed by atoms with Gasteiger partial charge in [-0.2, -0.15) is 0 Å². The lowest BCUT2D eigenvalue weighted by atomic mass is 9.94. The van der Waals surface area contributed by atoms with E-state index in [4.69, 9.17) is 5.73 Å². The third kappa shape index (κ3) is 5.84. The molecule has 0 aromatic heterocycles. The molecule has 0 saturated heterocycles. The van der Waals surface area contributed by atoms with Gasteiger partial charge in [0.25, 0.3) is 0 Å². The quantitative estimate of drug-likeness (QED) is 0.812. The second-order valence-corrected chi connectivity index (χ2v) is 6.26. The molecule has 0 saturated carbocycles. The van der Waals surface area contributed by atoms with Gasteiger partial charge in [0.2, 0.25) is 5.91 Å². The van der Waals surface area contributed by atoms with Crippen molar-refractivity contribution in [1.82, 2.24) is 5.32 Å². The maximum atomic E-state index is 13.5. The van der Waals surface area contributed by atoms with Crippen LogP contribution in [0.25, 0.3) is 0 Å². The summed E-state index contributed by atoms with van der Waals surface area (Å²) in [6, 6.07) is 3.55. The molecular formula is C17H27FN2O. The fourth-order valence-corrected chi connectivity index (χ4v) is 2.60. The lowest BCUT2D eigenvalue weighted by Crippen LogP contribution is -2.28. The second-order valence-electron chi connectivity index (χ2n) is 6.26. The van der Waals surface area contributed by atoms with E-state index in [-0.39, 0.29) is 17.6 Å².